The minimum Gasteiger partial charge on any atom is -0.481 e. The van der Waals surface area contributed by atoms with Gasteiger partial charge in [-0.1, -0.05) is 47.7 Å². The third-order valence-electron chi connectivity index (χ3n) is 2.92. The number of hydrogen-bond donors (Lipinski definition) is 1. The molecule has 0 aliphatic carbocycles. The van der Waals surface area contributed by atoms with Crippen LogP contribution in [0.4, 0.5) is 5.13 Å². The van der Waals surface area contributed by atoms with Crippen LogP contribution in [-0.2, 0) is 14.3 Å². The van der Waals surface area contributed by atoms with Crippen LogP contribution in [0, 0.1) is 0 Å². The Kier molecular flexibility index (Phi) is 7.48. The normalized spacial score (nSPS) is 11.6. The highest BCUT2D eigenvalue weighted by molar-refractivity contribution is 8.01. The Hall–Kier alpha value is -1.84. The number of esters is 1. The molecular weight excluding hydrogens is 386 g/mol. The Balaban J connectivity index is 1.93. The lowest BCUT2D eigenvalue weighted by Gasteiger charge is -2.16. The van der Waals surface area contributed by atoms with E-state index in [1.165, 1.54) is 30.2 Å². The fourth-order valence-corrected chi connectivity index (χ4v) is 3.48. The van der Waals surface area contributed by atoms with E-state index in [4.69, 9.17) is 16.3 Å². The van der Waals surface area contributed by atoms with Gasteiger partial charge < -0.3 is 9.47 Å². The third kappa shape index (κ3) is 6.18. The summed E-state index contributed by atoms with van der Waals surface area (Å²) in [5.41, 5.74) is 0. The average Bonchev–Trinajstić information content (AvgIpc) is 3.04. The average molecular weight is 402 g/mol. The molecule has 1 atom stereocenters. The first-order valence-electron chi connectivity index (χ1n) is 7.28. The lowest BCUT2D eigenvalue weighted by Crippen LogP contribution is -2.32. The van der Waals surface area contributed by atoms with Gasteiger partial charge in [-0.15, -0.1) is 10.2 Å². The van der Waals surface area contributed by atoms with Crippen molar-refractivity contribution >= 4 is 51.7 Å². The largest absolute Gasteiger partial charge is 0.481 e. The molecule has 0 fully saturated rings. The van der Waals surface area contributed by atoms with E-state index in [2.05, 4.69) is 20.3 Å². The molecule has 0 bridgehead atoms. The van der Waals surface area contributed by atoms with Gasteiger partial charge in [-0.25, -0.2) is 0 Å². The van der Waals surface area contributed by atoms with Crippen molar-refractivity contribution < 1.29 is 19.1 Å². The first-order chi connectivity index (χ1) is 12.0. The molecule has 0 spiro atoms. The quantitative estimate of drug-likeness (QED) is 0.412. The Labute approximate surface area is 158 Å². The first kappa shape index (κ1) is 19.5. The van der Waals surface area contributed by atoms with Crippen molar-refractivity contribution in [2.45, 2.75) is 23.8 Å². The number of nitrogens with zero attached hydrogens (tertiary/aromatic N) is 2. The van der Waals surface area contributed by atoms with Gasteiger partial charge in [0.05, 0.1) is 12.9 Å². The number of carbonyl (C=O) groups excluding carboxylic acids is 2. The third-order valence-corrected chi connectivity index (χ3v) is 5.10. The minimum atomic E-state index is -0.687. The molecule has 1 aromatic carbocycles. The van der Waals surface area contributed by atoms with Gasteiger partial charge in [0.15, 0.2) is 10.4 Å². The highest BCUT2D eigenvalue weighted by Gasteiger charge is 2.20. The number of anilines is 1. The fourth-order valence-electron chi connectivity index (χ4n) is 1.71. The van der Waals surface area contributed by atoms with Crippen LogP contribution >= 0.6 is 34.7 Å². The second-order valence-corrected chi connectivity index (χ2v) is 7.34. The maximum absolute atomic E-state index is 12.3. The van der Waals surface area contributed by atoms with Crippen molar-refractivity contribution in [1.82, 2.24) is 10.2 Å². The maximum atomic E-state index is 12.3. The number of thioether (sulfide) groups is 1. The molecule has 1 N–H and O–H groups in total. The molecule has 0 unspecified atom stereocenters. The Morgan fingerprint density at radius 3 is 2.88 bits per heavy atom. The predicted molar refractivity (Wildman–Crippen MR) is 97.4 cm³/mol. The van der Waals surface area contributed by atoms with E-state index in [-0.39, 0.29) is 17.6 Å². The molecule has 0 radical (unpaired) electrons. The molecule has 0 aliphatic rings. The van der Waals surface area contributed by atoms with Crippen LogP contribution in [0.1, 0.15) is 13.3 Å². The molecule has 0 aliphatic heterocycles. The molecule has 0 saturated carbocycles. The van der Waals surface area contributed by atoms with Crippen LogP contribution in [0.3, 0.4) is 0 Å². The Bertz CT molecular complexity index is 741. The van der Waals surface area contributed by atoms with Crippen LogP contribution in [-0.4, -0.2) is 41.0 Å². The second kappa shape index (κ2) is 9.59. The summed E-state index contributed by atoms with van der Waals surface area (Å²) < 4.78 is 10.8. The van der Waals surface area contributed by atoms with E-state index in [0.29, 0.717) is 26.7 Å². The second-order valence-electron chi connectivity index (χ2n) is 4.70. The molecule has 2 rings (SSSR count). The van der Waals surface area contributed by atoms with Crippen LogP contribution in [0.15, 0.2) is 28.6 Å². The minimum absolute atomic E-state index is 0.133. The summed E-state index contributed by atoms with van der Waals surface area (Å²) in [7, 11) is 1.32. The topological polar surface area (TPSA) is 90.4 Å². The van der Waals surface area contributed by atoms with E-state index in [1.54, 1.807) is 24.3 Å². The van der Waals surface area contributed by atoms with Crippen molar-refractivity contribution in [1.29, 1.82) is 0 Å². The van der Waals surface area contributed by atoms with Gasteiger partial charge in [0.25, 0.3) is 5.91 Å². The van der Waals surface area contributed by atoms with E-state index >= 15 is 0 Å². The molecular formula is C15H16ClN3O4S2. The number of carbonyl (C=O) groups is 2. The van der Waals surface area contributed by atoms with Crippen molar-refractivity contribution in [3.05, 3.63) is 29.3 Å². The molecule has 1 amide bonds. The van der Waals surface area contributed by atoms with Crippen molar-refractivity contribution in [2.75, 3.05) is 18.2 Å². The van der Waals surface area contributed by atoms with Gasteiger partial charge in [0.2, 0.25) is 5.13 Å². The molecule has 134 valence electrons. The van der Waals surface area contributed by atoms with Gasteiger partial charge in [0.1, 0.15) is 5.75 Å². The van der Waals surface area contributed by atoms with Gasteiger partial charge in [-0.3, -0.25) is 14.9 Å². The van der Waals surface area contributed by atoms with Crippen LogP contribution in [0.5, 0.6) is 5.75 Å². The number of ether oxygens (including phenoxy) is 2. The lowest BCUT2D eigenvalue weighted by atomic mass is 10.2. The highest BCUT2D eigenvalue weighted by atomic mass is 35.5. The molecule has 0 saturated heterocycles. The molecule has 1 aromatic heterocycles. The van der Waals surface area contributed by atoms with Gasteiger partial charge in [-0.2, -0.15) is 0 Å². The smallest absolute Gasteiger partial charge is 0.316 e. The van der Waals surface area contributed by atoms with E-state index in [9.17, 15) is 9.59 Å². The highest BCUT2D eigenvalue weighted by Crippen LogP contribution is 2.26. The number of rotatable bonds is 8. The number of amides is 1. The van der Waals surface area contributed by atoms with Crippen molar-refractivity contribution in [3.63, 3.8) is 0 Å². The zero-order chi connectivity index (χ0) is 18.2. The fraction of sp³-hybridized carbons (Fsp3) is 0.333. The molecule has 7 nitrogen and oxygen atoms in total. The summed E-state index contributed by atoms with van der Waals surface area (Å²) in [5, 5.41) is 11.3. The lowest BCUT2D eigenvalue weighted by molar-refractivity contribution is -0.137. The molecule has 2 aromatic rings. The number of halogens is 1. The van der Waals surface area contributed by atoms with Crippen LogP contribution < -0.4 is 10.1 Å². The van der Waals surface area contributed by atoms with E-state index < -0.39 is 6.10 Å². The molecule has 10 heteroatoms. The predicted octanol–water partition coefficient (Wildman–Crippen LogP) is 3.25. The van der Waals surface area contributed by atoms with Gasteiger partial charge in [-0.05, 0) is 24.6 Å². The zero-order valence-corrected chi connectivity index (χ0v) is 15.9. The van der Waals surface area contributed by atoms with Crippen LogP contribution in [0.2, 0.25) is 5.02 Å². The zero-order valence-electron chi connectivity index (χ0n) is 13.5. The number of nitrogens with one attached hydrogen (secondary N) is 1. The number of methoxy groups -OCH3 is 1. The first-order valence-corrected chi connectivity index (χ1v) is 9.46. The number of benzene rings is 1. The summed E-state index contributed by atoms with van der Waals surface area (Å²) in [4.78, 5) is 23.5. The van der Waals surface area contributed by atoms with E-state index in [0.717, 1.165) is 0 Å². The molecule has 1 heterocycles. The number of aromatic nitrogens is 2. The summed E-state index contributed by atoms with van der Waals surface area (Å²) in [6.07, 6.45) is -0.213. The molecule has 25 heavy (non-hydrogen) atoms. The summed E-state index contributed by atoms with van der Waals surface area (Å²) in [5.74, 6) is -0.0369. The van der Waals surface area contributed by atoms with E-state index in [1.807, 2.05) is 6.92 Å². The monoisotopic (exact) mass is 401 g/mol. The van der Waals surface area contributed by atoms with Crippen molar-refractivity contribution in [2.24, 2.45) is 0 Å². The SMILES string of the molecule is CC[C@@H](Oc1cccc(Cl)c1)C(=O)Nc1nnc(SCC(=O)OC)s1. The van der Waals surface area contributed by atoms with Gasteiger partial charge >= 0.3 is 5.97 Å². The maximum Gasteiger partial charge on any atom is 0.316 e. The summed E-state index contributed by atoms with van der Waals surface area (Å²) >= 11 is 8.28. The standard InChI is InChI=1S/C15H16ClN3O4S2/c1-3-11(23-10-6-4-5-9(16)7-10)13(21)17-14-18-19-15(25-14)24-8-12(20)22-2/h4-7,11H,3,8H2,1-2H3,(H,17,18,21)/t11-/m1/s1. The van der Waals surface area contributed by atoms with Crippen molar-refractivity contribution in [3.8, 4) is 5.75 Å². The Morgan fingerprint density at radius 2 is 2.20 bits per heavy atom. The Morgan fingerprint density at radius 1 is 1.40 bits per heavy atom. The number of hydrogen-bond acceptors (Lipinski definition) is 8. The summed E-state index contributed by atoms with van der Waals surface area (Å²) in [6, 6.07) is 6.85. The summed E-state index contributed by atoms with van der Waals surface area (Å²) in [6.45, 7) is 1.84. The van der Waals surface area contributed by atoms with Gasteiger partial charge in [0, 0.05) is 5.02 Å². The van der Waals surface area contributed by atoms with Crippen LogP contribution in [0.25, 0.3) is 0 Å².